The van der Waals surface area contributed by atoms with Gasteiger partial charge in [0.05, 0.1) is 11.5 Å². The Labute approximate surface area is 306 Å². The van der Waals surface area contributed by atoms with Gasteiger partial charge < -0.3 is 14.9 Å². The van der Waals surface area contributed by atoms with E-state index in [0.29, 0.717) is 12.8 Å². The monoisotopic (exact) mass is 740 g/mol. The van der Waals surface area contributed by atoms with Gasteiger partial charge >= 0.3 is 12.3 Å². The number of primary amides is 1. The third-order valence-electron chi connectivity index (χ3n) is 9.66. The molecule has 274 valence electrons. The number of halogens is 3. The van der Waals surface area contributed by atoms with E-state index in [-0.39, 0.29) is 29.1 Å². The molecule has 1 aromatic heterocycles. The molecule has 8 nitrogen and oxygen atoms in total. The number of carbonyl (C=O) groups excluding carboxylic acids is 2. The van der Waals surface area contributed by atoms with E-state index in [9.17, 15) is 23.2 Å². The molecule has 2 atom stereocenters. The maximum Gasteiger partial charge on any atom is 0.416 e. The first kappa shape index (κ1) is 38.8. The highest BCUT2D eigenvalue weighted by Gasteiger charge is 2.62. The maximum absolute atomic E-state index is 16.0. The lowest BCUT2D eigenvalue weighted by Crippen LogP contribution is -2.61. The Hall–Kier alpha value is -5.46. The number of alkyl halides is 3. The third kappa shape index (κ3) is 7.16. The molecule has 0 fully saturated rings. The molecule has 0 bridgehead atoms. The zero-order chi connectivity index (χ0) is 38.4. The molecular weight excluding hydrogens is 700 g/mol. The van der Waals surface area contributed by atoms with Crippen molar-refractivity contribution in [1.29, 1.82) is 5.26 Å². The molecule has 5 rings (SSSR count). The molecule has 0 aliphatic carbocycles. The van der Waals surface area contributed by atoms with E-state index < -0.39 is 47.4 Å². The van der Waals surface area contributed by atoms with E-state index >= 15 is 4.79 Å². The number of amides is 1. The maximum atomic E-state index is 16.0. The van der Waals surface area contributed by atoms with Gasteiger partial charge in [0, 0.05) is 11.0 Å². The van der Waals surface area contributed by atoms with Gasteiger partial charge in [0.2, 0.25) is 17.6 Å². The van der Waals surface area contributed by atoms with Crippen LogP contribution in [0.2, 0.25) is 0 Å². The van der Waals surface area contributed by atoms with E-state index in [4.69, 9.17) is 14.9 Å². The van der Waals surface area contributed by atoms with Crippen molar-refractivity contribution in [2.24, 2.45) is 11.1 Å². The summed E-state index contributed by atoms with van der Waals surface area (Å²) in [6.07, 6.45) is -4.79. The zero-order valence-corrected chi connectivity index (χ0v) is 30.7. The second-order valence-corrected chi connectivity index (χ2v) is 16.6. The molecule has 0 saturated carbocycles. The molecule has 1 amide bonds. The van der Waals surface area contributed by atoms with Crippen molar-refractivity contribution in [2.75, 3.05) is 0 Å². The average molecular weight is 741 g/mol. The number of hydrogen-bond acceptors (Lipinski definition) is 7. The SMILES string of the molecule is CCCC(C)(C)C(OC(N)=O)(C(=O)C(C#N)=P(c1ccccc1)(c1ccccc1)c1ccccc1)C(CC)c1nnc(-c2ccc(C(F)(F)F)cc2)o1. The number of Topliss-reactive ketones (excluding diaryl/α,β-unsaturated/α-hetero) is 1. The largest absolute Gasteiger partial charge is 0.433 e. The van der Waals surface area contributed by atoms with Crippen LogP contribution in [0.25, 0.3) is 11.5 Å². The molecule has 0 aliphatic rings. The highest BCUT2D eigenvalue weighted by Crippen LogP contribution is 2.54. The van der Waals surface area contributed by atoms with Gasteiger partial charge in [0.25, 0.3) is 0 Å². The molecule has 12 heteroatoms. The fraction of sp³-hybridized carbons (Fsp3) is 0.268. The minimum atomic E-state index is -4.55. The summed E-state index contributed by atoms with van der Waals surface area (Å²) in [5, 5.41) is 21.8. The summed E-state index contributed by atoms with van der Waals surface area (Å²) in [5.41, 5.74) is 1.84. The summed E-state index contributed by atoms with van der Waals surface area (Å²) < 4.78 is 52.2. The average Bonchev–Trinajstić information content (AvgIpc) is 3.64. The molecule has 0 spiro atoms. The predicted octanol–water partition coefficient (Wildman–Crippen LogP) is 8.17. The standard InChI is InChI=1S/C41H40F3N4O4P/c1-5-26-39(3,4)40(52-38(46)50,33(6-2)37-48-47-36(51-37)28-22-24-29(25-23-28)41(42,43)44)35(49)34(27-45)53(30-16-10-7-11-17-30,31-18-12-8-13-19-31)32-20-14-9-15-21-32/h7-25,33H,5-6,26H2,1-4H3,(H2,46,50). The van der Waals surface area contributed by atoms with Crippen LogP contribution in [-0.4, -0.2) is 33.0 Å². The number of aromatic nitrogens is 2. The van der Waals surface area contributed by atoms with Crippen LogP contribution in [0.3, 0.4) is 0 Å². The summed E-state index contributed by atoms with van der Waals surface area (Å²) >= 11 is 0. The molecule has 0 radical (unpaired) electrons. The fourth-order valence-electron chi connectivity index (χ4n) is 7.34. The zero-order valence-electron chi connectivity index (χ0n) is 29.8. The van der Waals surface area contributed by atoms with Crippen LogP contribution >= 0.6 is 6.89 Å². The summed E-state index contributed by atoms with van der Waals surface area (Å²) in [5.74, 6) is -2.12. The van der Waals surface area contributed by atoms with Gasteiger partial charge in [-0.3, -0.25) is 4.79 Å². The van der Waals surface area contributed by atoms with Gasteiger partial charge in [0.15, 0.2) is 5.60 Å². The highest BCUT2D eigenvalue weighted by molar-refractivity contribution is 7.97. The summed E-state index contributed by atoms with van der Waals surface area (Å²) in [6, 6.07) is 34.5. The number of carbonyl (C=O) groups is 2. The number of rotatable bonds is 13. The number of nitrogens with two attached hydrogens (primary N) is 1. The number of nitriles is 1. The first-order valence-electron chi connectivity index (χ1n) is 17.2. The van der Waals surface area contributed by atoms with E-state index in [1.807, 2.05) is 97.9 Å². The van der Waals surface area contributed by atoms with Crippen molar-refractivity contribution in [3.05, 3.63) is 127 Å². The number of benzene rings is 4. The molecule has 53 heavy (non-hydrogen) atoms. The minimum Gasteiger partial charge on any atom is -0.433 e. The Morgan fingerprint density at radius 3 is 1.72 bits per heavy atom. The van der Waals surface area contributed by atoms with Crippen LogP contribution in [0.1, 0.15) is 64.3 Å². The first-order chi connectivity index (χ1) is 25.3. The molecular formula is C41H40F3N4O4P. The van der Waals surface area contributed by atoms with Crippen LogP contribution in [-0.2, 0) is 15.7 Å². The van der Waals surface area contributed by atoms with Gasteiger partial charge in [-0.05, 0) is 59.9 Å². The topological polar surface area (TPSA) is 132 Å². The van der Waals surface area contributed by atoms with E-state index in [1.165, 1.54) is 12.1 Å². The fourth-order valence-corrected chi connectivity index (χ4v) is 11.5. The van der Waals surface area contributed by atoms with Gasteiger partial charge in [-0.15, -0.1) is 10.2 Å². The Kier molecular flexibility index (Phi) is 11.4. The van der Waals surface area contributed by atoms with Crippen LogP contribution < -0.4 is 21.6 Å². The summed E-state index contributed by atoms with van der Waals surface area (Å²) in [7, 11) is 0. The second-order valence-electron chi connectivity index (χ2n) is 13.2. The minimum absolute atomic E-state index is 0.104. The Morgan fingerprint density at radius 2 is 1.32 bits per heavy atom. The highest BCUT2D eigenvalue weighted by atomic mass is 31.2. The molecule has 0 aliphatic heterocycles. The van der Waals surface area contributed by atoms with Crippen molar-refractivity contribution in [1.82, 2.24) is 10.2 Å². The molecule has 5 aromatic rings. The Morgan fingerprint density at radius 1 is 0.830 bits per heavy atom. The molecule has 4 aromatic carbocycles. The van der Waals surface area contributed by atoms with Gasteiger partial charge in [-0.2, -0.15) is 18.4 Å². The van der Waals surface area contributed by atoms with Crippen molar-refractivity contribution < 1.29 is 31.9 Å². The third-order valence-corrected chi connectivity index (χ3v) is 13.9. The van der Waals surface area contributed by atoms with Gasteiger partial charge in [0.1, 0.15) is 11.4 Å². The van der Waals surface area contributed by atoms with Gasteiger partial charge in [-0.25, -0.2) is 4.79 Å². The number of hydrogen-bond donors (Lipinski definition) is 1. The van der Waals surface area contributed by atoms with Crippen molar-refractivity contribution >= 4 is 40.0 Å². The van der Waals surface area contributed by atoms with E-state index in [1.54, 1.807) is 20.8 Å². The lowest BCUT2D eigenvalue weighted by molar-refractivity contribution is -0.151. The lowest BCUT2D eigenvalue weighted by atomic mass is 9.62. The Balaban J connectivity index is 1.89. The van der Waals surface area contributed by atoms with E-state index in [0.717, 1.165) is 28.0 Å². The van der Waals surface area contributed by atoms with Crippen molar-refractivity contribution in [2.45, 2.75) is 64.7 Å². The van der Waals surface area contributed by atoms with Crippen molar-refractivity contribution in [3.63, 3.8) is 0 Å². The van der Waals surface area contributed by atoms with Crippen molar-refractivity contribution in [3.8, 4) is 17.5 Å². The summed E-state index contributed by atoms with van der Waals surface area (Å²) in [4.78, 5) is 29.2. The summed E-state index contributed by atoms with van der Waals surface area (Å²) in [6.45, 7) is 3.88. The van der Waals surface area contributed by atoms with E-state index in [2.05, 4.69) is 16.3 Å². The smallest absolute Gasteiger partial charge is 0.416 e. The molecule has 2 N–H and O–H groups in total. The normalized spacial score (nSPS) is 13.7. The van der Waals surface area contributed by atoms with Crippen LogP contribution in [0.5, 0.6) is 0 Å². The lowest BCUT2D eigenvalue weighted by Gasteiger charge is -2.48. The van der Waals surface area contributed by atoms with Crippen LogP contribution in [0.4, 0.5) is 18.0 Å². The number of ether oxygens (including phenoxy) is 1. The van der Waals surface area contributed by atoms with Crippen LogP contribution in [0.15, 0.2) is 120 Å². The second kappa shape index (κ2) is 15.6. The first-order valence-corrected chi connectivity index (χ1v) is 18.9. The van der Waals surface area contributed by atoms with Gasteiger partial charge in [-0.1, -0.05) is 125 Å². The van der Waals surface area contributed by atoms with Crippen LogP contribution in [0, 0.1) is 16.7 Å². The molecule has 0 saturated heterocycles. The molecule has 2 unspecified atom stereocenters. The predicted molar refractivity (Wildman–Crippen MR) is 201 cm³/mol. The molecule has 1 heterocycles. The Bertz CT molecular complexity index is 2040. The number of ketones is 1. The number of nitrogens with zero attached hydrogens (tertiary/aromatic N) is 3. The quantitative estimate of drug-likeness (QED) is 0.121.